The first-order chi connectivity index (χ1) is 10.7. The van der Waals surface area contributed by atoms with Gasteiger partial charge in [-0.1, -0.05) is 29.4 Å². The van der Waals surface area contributed by atoms with Gasteiger partial charge in [-0.15, -0.1) is 0 Å². The number of hydrogen-bond acceptors (Lipinski definition) is 6. The van der Waals surface area contributed by atoms with E-state index >= 15 is 0 Å². The molecule has 3 aromatic rings. The highest BCUT2D eigenvalue weighted by atomic mass is 35.5. The molecule has 0 spiro atoms. The number of halogens is 1. The summed E-state index contributed by atoms with van der Waals surface area (Å²) in [5.41, 5.74) is 1.47. The van der Waals surface area contributed by atoms with Gasteiger partial charge in [0.25, 0.3) is 0 Å². The van der Waals surface area contributed by atoms with Gasteiger partial charge in [-0.2, -0.15) is 5.10 Å². The number of hydrogen-bond donors (Lipinski definition) is 0. The molecular weight excluding hydrogens is 324 g/mol. The molecule has 0 aliphatic carbocycles. The van der Waals surface area contributed by atoms with Crippen LogP contribution >= 0.6 is 23.4 Å². The number of benzene rings is 1. The third kappa shape index (κ3) is 2.90. The van der Waals surface area contributed by atoms with Crippen molar-refractivity contribution in [3.8, 4) is 5.69 Å². The first-order valence-corrected chi connectivity index (χ1v) is 7.69. The highest BCUT2D eigenvalue weighted by molar-refractivity contribution is 8.00. The first kappa shape index (κ1) is 14.8. The number of nitrogens with zero attached hydrogens (tertiary/aromatic N) is 4. The zero-order valence-corrected chi connectivity index (χ0v) is 13.1. The Hall–Kier alpha value is -2.12. The summed E-state index contributed by atoms with van der Waals surface area (Å²) < 4.78 is 6.32. The van der Waals surface area contributed by atoms with E-state index in [1.54, 1.807) is 23.0 Å². The minimum absolute atomic E-state index is 0.185. The fourth-order valence-electron chi connectivity index (χ4n) is 1.92. The predicted molar refractivity (Wildman–Crippen MR) is 84.4 cm³/mol. The normalized spacial score (nSPS) is 10.8. The Bertz CT molecular complexity index is 837. The van der Waals surface area contributed by atoms with Crippen LogP contribution < -0.4 is 0 Å². The summed E-state index contributed by atoms with van der Waals surface area (Å²) in [4.78, 5) is 19.7. The molecule has 0 unspecified atom stereocenters. The van der Waals surface area contributed by atoms with Crippen molar-refractivity contribution in [1.29, 1.82) is 0 Å². The van der Waals surface area contributed by atoms with Crippen LogP contribution in [0.15, 0.2) is 41.8 Å². The van der Waals surface area contributed by atoms with E-state index in [1.807, 2.05) is 12.1 Å². The molecule has 0 saturated carbocycles. The number of aromatic nitrogens is 4. The summed E-state index contributed by atoms with van der Waals surface area (Å²) in [5.74, 6) is -0.121. The molecule has 0 atom stereocenters. The van der Waals surface area contributed by atoms with E-state index in [9.17, 15) is 4.79 Å². The molecule has 112 valence electrons. The Morgan fingerprint density at radius 3 is 3.05 bits per heavy atom. The average molecular weight is 335 g/mol. The molecule has 6 nitrogen and oxygen atoms in total. The highest BCUT2D eigenvalue weighted by Gasteiger charge is 2.13. The van der Waals surface area contributed by atoms with E-state index in [-0.39, 0.29) is 11.7 Å². The van der Waals surface area contributed by atoms with Crippen LogP contribution in [0, 0.1) is 0 Å². The number of rotatable bonds is 4. The number of methoxy groups -OCH3 is 1. The Labute approximate surface area is 135 Å². The Kier molecular flexibility index (Phi) is 4.26. The van der Waals surface area contributed by atoms with Crippen molar-refractivity contribution in [3.63, 3.8) is 0 Å². The first-order valence-electron chi connectivity index (χ1n) is 6.33. The maximum Gasteiger partial charge on any atom is 0.316 e. The van der Waals surface area contributed by atoms with Crippen LogP contribution in [0.5, 0.6) is 0 Å². The van der Waals surface area contributed by atoms with Gasteiger partial charge in [-0.25, -0.2) is 14.6 Å². The molecule has 2 heterocycles. The quantitative estimate of drug-likeness (QED) is 0.415. The molecule has 1 aromatic carbocycles. The molecule has 0 N–H and O–H groups in total. The zero-order valence-electron chi connectivity index (χ0n) is 11.6. The van der Waals surface area contributed by atoms with Crippen LogP contribution in [0.4, 0.5) is 0 Å². The van der Waals surface area contributed by atoms with Gasteiger partial charge in [-0.05, 0) is 18.2 Å². The summed E-state index contributed by atoms with van der Waals surface area (Å²) in [6.07, 6.45) is 3.13. The number of carbonyl (C=O) groups is 1. The topological polar surface area (TPSA) is 69.9 Å². The summed E-state index contributed by atoms with van der Waals surface area (Å²) in [5, 5.41) is 6.42. The van der Waals surface area contributed by atoms with Crippen LogP contribution in [-0.2, 0) is 9.53 Å². The van der Waals surface area contributed by atoms with Gasteiger partial charge in [0.2, 0.25) is 0 Å². The number of fused-ring (bicyclic) bond motifs is 1. The lowest BCUT2D eigenvalue weighted by Gasteiger charge is -2.04. The summed E-state index contributed by atoms with van der Waals surface area (Å²) in [7, 11) is 1.36. The van der Waals surface area contributed by atoms with Crippen LogP contribution in [0.2, 0.25) is 5.02 Å². The Balaban J connectivity index is 2.00. The summed E-state index contributed by atoms with van der Waals surface area (Å²) in [6.45, 7) is 0. The lowest BCUT2D eigenvalue weighted by Crippen LogP contribution is -2.03. The third-order valence-electron chi connectivity index (χ3n) is 2.94. The SMILES string of the molecule is COC(=O)CSc1ncnc2c1cnn2-c1cccc(Cl)c1. The summed E-state index contributed by atoms with van der Waals surface area (Å²) in [6, 6.07) is 7.34. The van der Waals surface area contributed by atoms with Gasteiger partial charge in [0.15, 0.2) is 5.65 Å². The molecule has 0 aliphatic rings. The second kappa shape index (κ2) is 6.33. The lowest BCUT2D eigenvalue weighted by atomic mass is 10.3. The molecule has 3 rings (SSSR count). The molecule has 8 heteroatoms. The van der Waals surface area contributed by atoms with E-state index in [0.717, 1.165) is 11.1 Å². The van der Waals surface area contributed by atoms with Gasteiger partial charge in [0.05, 0.1) is 30.1 Å². The van der Waals surface area contributed by atoms with Gasteiger partial charge < -0.3 is 4.74 Å². The van der Waals surface area contributed by atoms with Crippen molar-refractivity contribution in [2.75, 3.05) is 12.9 Å². The van der Waals surface area contributed by atoms with Crippen LogP contribution in [0.3, 0.4) is 0 Å². The van der Waals surface area contributed by atoms with Crippen molar-refractivity contribution in [3.05, 3.63) is 41.8 Å². The summed E-state index contributed by atoms with van der Waals surface area (Å²) >= 11 is 7.30. The average Bonchev–Trinajstić information content (AvgIpc) is 2.97. The minimum Gasteiger partial charge on any atom is -0.468 e. The second-order valence-electron chi connectivity index (χ2n) is 4.32. The highest BCUT2D eigenvalue weighted by Crippen LogP contribution is 2.26. The van der Waals surface area contributed by atoms with Gasteiger partial charge in [0.1, 0.15) is 11.4 Å². The molecule has 0 aliphatic heterocycles. The number of thioether (sulfide) groups is 1. The van der Waals surface area contributed by atoms with Gasteiger partial charge in [0, 0.05) is 5.02 Å². The van der Waals surface area contributed by atoms with Crippen molar-refractivity contribution in [2.24, 2.45) is 0 Å². The largest absolute Gasteiger partial charge is 0.468 e. The van der Waals surface area contributed by atoms with E-state index in [0.29, 0.717) is 15.7 Å². The van der Waals surface area contributed by atoms with E-state index in [1.165, 1.54) is 25.2 Å². The molecule has 0 bridgehead atoms. The van der Waals surface area contributed by atoms with Crippen molar-refractivity contribution in [1.82, 2.24) is 19.7 Å². The zero-order chi connectivity index (χ0) is 15.5. The van der Waals surface area contributed by atoms with E-state index in [4.69, 9.17) is 11.6 Å². The maximum absolute atomic E-state index is 11.3. The van der Waals surface area contributed by atoms with Crippen LogP contribution in [-0.4, -0.2) is 38.6 Å². The minimum atomic E-state index is -0.306. The fraction of sp³-hybridized carbons (Fsp3) is 0.143. The molecule has 2 aromatic heterocycles. The Morgan fingerprint density at radius 2 is 2.27 bits per heavy atom. The number of esters is 1. The molecule has 0 radical (unpaired) electrons. The molecule has 0 fully saturated rings. The molecule has 0 amide bonds. The van der Waals surface area contributed by atoms with Crippen molar-refractivity contribution in [2.45, 2.75) is 5.03 Å². The van der Waals surface area contributed by atoms with Gasteiger partial charge in [-0.3, -0.25) is 4.79 Å². The predicted octanol–water partition coefficient (Wildman–Crippen LogP) is 2.73. The van der Waals surface area contributed by atoms with Gasteiger partial charge >= 0.3 is 5.97 Å². The second-order valence-corrected chi connectivity index (χ2v) is 5.72. The Morgan fingerprint density at radius 1 is 1.41 bits per heavy atom. The number of ether oxygens (including phenoxy) is 1. The standard InChI is InChI=1S/C14H11ClN4O2S/c1-21-12(20)7-22-14-11-6-18-19(13(11)16-8-17-14)10-4-2-3-9(15)5-10/h2-6,8H,7H2,1H3. The van der Waals surface area contributed by atoms with Crippen LogP contribution in [0.1, 0.15) is 0 Å². The molecular formula is C14H11ClN4O2S. The monoisotopic (exact) mass is 334 g/mol. The molecule has 22 heavy (non-hydrogen) atoms. The smallest absolute Gasteiger partial charge is 0.316 e. The van der Waals surface area contributed by atoms with Crippen molar-refractivity contribution < 1.29 is 9.53 Å². The molecule has 0 saturated heterocycles. The lowest BCUT2D eigenvalue weighted by molar-refractivity contribution is -0.137. The van der Waals surface area contributed by atoms with Crippen LogP contribution in [0.25, 0.3) is 16.7 Å². The maximum atomic E-state index is 11.3. The van der Waals surface area contributed by atoms with Crippen molar-refractivity contribution >= 4 is 40.4 Å². The third-order valence-corrected chi connectivity index (χ3v) is 4.15. The van der Waals surface area contributed by atoms with E-state index in [2.05, 4.69) is 19.8 Å². The fourth-order valence-corrected chi connectivity index (χ4v) is 2.90. The number of carbonyl (C=O) groups excluding carboxylic acids is 1. The van der Waals surface area contributed by atoms with E-state index < -0.39 is 0 Å².